The Morgan fingerprint density at radius 3 is 3.33 bits per heavy atom. The third-order valence-electron chi connectivity index (χ3n) is 1.47. The monoisotopic (exact) mass is 162 g/mol. The number of oxime groups is 1. The van der Waals surface area contributed by atoms with Crippen molar-refractivity contribution in [1.82, 2.24) is 14.6 Å². The largest absolute Gasteiger partial charge is 0.411 e. The van der Waals surface area contributed by atoms with Crippen LogP contribution in [0.1, 0.15) is 5.56 Å². The molecule has 2 aromatic rings. The molecule has 0 spiro atoms. The lowest BCUT2D eigenvalue weighted by atomic mass is 10.4. The fourth-order valence-corrected chi connectivity index (χ4v) is 0.958. The fourth-order valence-electron chi connectivity index (χ4n) is 0.958. The number of hydrogen-bond acceptors (Lipinski definition) is 4. The summed E-state index contributed by atoms with van der Waals surface area (Å²) in [6.07, 6.45) is 6.29. The molecule has 0 fully saturated rings. The predicted molar refractivity (Wildman–Crippen MR) is 42.4 cm³/mol. The zero-order valence-corrected chi connectivity index (χ0v) is 6.12. The molecule has 0 radical (unpaired) electrons. The van der Waals surface area contributed by atoms with E-state index >= 15 is 0 Å². The van der Waals surface area contributed by atoms with E-state index in [-0.39, 0.29) is 0 Å². The lowest BCUT2D eigenvalue weighted by Crippen LogP contribution is -1.92. The van der Waals surface area contributed by atoms with Crippen molar-refractivity contribution in [2.45, 2.75) is 0 Å². The first-order chi connectivity index (χ1) is 5.90. The van der Waals surface area contributed by atoms with Crippen LogP contribution in [0, 0.1) is 0 Å². The van der Waals surface area contributed by atoms with Gasteiger partial charge in [0.15, 0.2) is 5.65 Å². The van der Waals surface area contributed by atoms with Crippen LogP contribution in [0.15, 0.2) is 29.8 Å². The summed E-state index contributed by atoms with van der Waals surface area (Å²) in [7, 11) is 0. The molecule has 0 aliphatic carbocycles. The molecule has 2 aromatic heterocycles. The molecule has 1 N–H and O–H groups in total. The van der Waals surface area contributed by atoms with E-state index in [0.29, 0.717) is 5.56 Å². The van der Waals surface area contributed by atoms with Gasteiger partial charge in [0.2, 0.25) is 0 Å². The van der Waals surface area contributed by atoms with Crippen molar-refractivity contribution < 1.29 is 5.21 Å². The molecule has 12 heavy (non-hydrogen) atoms. The number of hydrogen-bond donors (Lipinski definition) is 1. The molecular formula is C7H6N4O. The summed E-state index contributed by atoms with van der Waals surface area (Å²) in [4.78, 5) is 4.06. The molecule has 0 amide bonds. The Hall–Kier alpha value is -1.91. The molecule has 0 atom stereocenters. The second kappa shape index (κ2) is 2.61. The van der Waals surface area contributed by atoms with E-state index in [9.17, 15) is 0 Å². The lowest BCUT2D eigenvalue weighted by Gasteiger charge is -1.92. The summed E-state index contributed by atoms with van der Waals surface area (Å²) in [6, 6.07) is 1.79. The van der Waals surface area contributed by atoms with Crippen molar-refractivity contribution >= 4 is 11.9 Å². The molecule has 0 saturated heterocycles. The number of aromatic nitrogens is 3. The van der Waals surface area contributed by atoms with Crippen LogP contribution in [0.2, 0.25) is 0 Å². The highest BCUT2D eigenvalue weighted by Gasteiger charge is 1.94. The summed E-state index contributed by atoms with van der Waals surface area (Å²) in [6.45, 7) is 0. The fraction of sp³-hybridized carbons (Fsp3) is 0. The molecular weight excluding hydrogens is 156 g/mol. The van der Waals surface area contributed by atoms with Gasteiger partial charge in [0.25, 0.3) is 0 Å². The van der Waals surface area contributed by atoms with Gasteiger partial charge in [0.1, 0.15) is 0 Å². The van der Waals surface area contributed by atoms with E-state index in [1.165, 1.54) is 6.21 Å². The molecule has 0 saturated carbocycles. The molecule has 0 aliphatic heterocycles. The molecule has 0 aromatic carbocycles. The van der Waals surface area contributed by atoms with Crippen LogP contribution in [0.25, 0.3) is 5.65 Å². The van der Waals surface area contributed by atoms with Crippen molar-refractivity contribution in [2.24, 2.45) is 5.16 Å². The Labute approximate surface area is 68.0 Å². The van der Waals surface area contributed by atoms with Crippen LogP contribution in [-0.4, -0.2) is 26.0 Å². The summed E-state index contributed by atoms with van der Waals surface area (Å²) in [5, 5.41) is 15.1. The smallest absolute Gasteiger partial charge is 0.154 e. The maximum Gasteiger partial charge on any atom is 0.154 e. The lowest BCUT2D eigenvalue weighted by molar-refractivity contribution is 0.322. The number of rotatable bonds is 1. The van der Waals surface area contributed by atoms with E-state index in [1.807, 2.05) is 0 Å². The maximum atomic E-state index is 8.25. The van der Waals surface area contributed by atoms with Gasteiger partial charge >= 0.3 is 0 Å². The second-order valence-electron chi connectivity index (χ2n) is 2.27. The topological polar surface area (TPSA) is 62.8 Å². The van der Waals surface area contributed by atoms with Crippen molar-refractivity contribution in [2.75, 3.05) is 0 Å². The molecule has 5 nitrogen and oxygen atoms in total. The van der Waals surface area contributed by atoms with Gasteiger partial charge in [0.05, 0.1) is 12.4 Å². The van der Waals surface area contributed by atoms with Gasteiger partial charge in [0, 0.05) is 24.0 Å². The zero-order valence-electron chi connectivity index (χ0n) is 6.12. The van der Waals surface area contributed by atoms with Gasteiger partial charge in [-0.15, -0.1) is 0 Å². The van der Waals surface area contributed by atoms with Gasteiger partial charge in [-0.25, -0.2) is 9.50 Å². The van der Waals surface area contributed by atoms with Crippen LogP contribution in [-0.2, 0) is 0 Å². The van der Waals surface area contributed by atoms with Gasteiger partial charge in [-0.1, -0.05) is 5.16 Å². The Balaban J connectivity index is 2.60. The van der Waals surface area contributed by atoms with E-state index < -0.39 is 0 Å². The highest BCUT2D eigenvalue weighted by Crippen LogP contribution is 1.98. The molecule has 0 unspecified atom stereocenters. The van der Waals surface area contributed by atoms with Gasteiger partial charge in [-0.3, -0.25) is 0 Å². The first-order valence-electron chi connectivity index (χ1n) is 3.37. The van der Waals surface area contributed by atoms with Gasteiger partial charge in [-0.2, -0.15) is 5.10 Å². The van der Waals surface area contributed by atoms with Crippen LogP contribution in [0.3, 0.4) is 0 Å². The number of fused-ring (bicyclic) bond motifs is 1. The highest BCUT2D eigenvalue weighted by atomic mass is 16.4. The minimum atomic E-state index is 0.703. The molecule has 5 heteroatoms. The first kappa shape index (κ1) is 6.78. The van der Waals surface area contributed by atoms with Crippen molar-refractivity contribution in [3.63, 3.8) is 0 Å². The Bertz CT molecular complexity index is 420. The third kappa shape index (κ3) is 1.01. The van der Waals surface area contributed by atoms with Crippen molar-refractivity contribution in [3.8, 4) is 0 Å². The van der Waals surface area contributed by atoms with Crippen molar-refractivity contribution in [1.29, 1.82) is 0 Å². The minimum Gasteiger partial charge on any atom is -0.411 e. The molecule has 2 rings (SSSR count). The first-order valence-corrected chi connectivity index (χ1v) is 3.37. The summed E-state index contributed by atoms with van der Waals surface area (Å²) in [5.74, 6) is 0. The van der Waals surface area contributed by atoms with Crippen LogP contribution >= 0.6 is 0 Å². The Morgan fingerprint density at radius 2 is 2.50 bits per heavy atom. The Morgan fingerprint density at radius 1 is 1.58 bits per heavy atom. The average Bonchev–Trinajstić information content (AvgIpc) is 2.51. The van der Waals surface area contributed by atoms with Crippen LogP contribution in [0.5, 0.6) is 0 Å². The van der Waals surface area contributed by atoms with E-state index in [0.717, 1.165) is 5.65 Å². The maximum absolute atomic E-state index is 8.25. The molecule has 60 valence electrons. The SMILES string of the molecule is O/N=C/c1cnc2ccnn2c1. The van der Waals surface area contributed by atoms with Gasteiger partial charge in [-0.05, 0) is 0 Å². The standard InChI is InChI=1S/C7H6N4O/c12-10-4-6-3-8-7-1-2-9-11(7)5-6/h1-5,12H/b10-4+. The molecule has 0 bridgehead atoms. The summed E-state index contributed by atoms with van der Waals surface area (Å²) < 4.78 is 1.61. The normalized spacial score (nSPS) is 11.3. The number of nitrogens with zero attached hydrogens (tertiary/aromatic N) is 4. The van der Waals surface area contributed by atoms with E-state index in [1.54, 1.807) is 29.2 Å². The van der Waals surface area contributed by atoms with Crippen LogP contribution in [0.4, 0.5) is 0 Å². The van der Waals surface area contributed by atoms with E-state index in [2.05, 4.69) is 15.2 Å². The second-order valence-corrected chi connectivity index (χ2v) is 2.27. The van der Waals surface area contributed by atoms with Crippen molar-refractivity contribution in [3.05, 3.63) is 30.2 Å². The minimum absolute atomic E-state index is 0.703. The highest BCUT2D eigenvalue weighted by molar-refractivity contribution is 5.78. The predicted octanol–water partition coefficient (Wildman–Crippen LogP) is 0.537. The summed E-state index contributed by atoms with van der Waals surface area (Å²) >= 11 is 0. The third-order valence-corrected chi connectivity index (χ3v) is 1.47. The van der Waals surface area contributed by atoms with E-state index in [4.69, 9.17) is 5.21 Å². The molecule has 0 aliphatic rings. The molecule has 2 heterocycles. The Kier molecular flexibility index (Phi) is 1.48. The quantitative estimate of drug-likeness (QED) is 0.378. The van der Waals surface area contributed by atoms with Crippen LogP contribution < -0.4 is 0 Å². The van der Waals surface area contributed by atoms with Gasteiger partial charge < -0.3 is 5.21 Å². The average molecular weight is 162 g/mol. The summed E-state index contributed by atoms with van der Waals surface area (Å²) in [5.41, 5.74) is 1.47. The zero-order chi connectivity index (χ0) is 8.39.